The molecule has 0 aromatic heterocycles. The minimum atomic E-state index is 0.0798. The number of benzene rings is 1. The van der Waals surface area contributed by atoms with Gasteiger partial charge in [0.1, 0.15) is 0 Å². The first-order valence-electron chi connectivity index (χ1n) is 4.71. The van der Waals surface area contributed by atoms with E-state index in [1.807, 2.05) is 31.3 Å². The molecule has 14 heavy (non-hydrogen) atoms. The van der Waals surface area contributed by atoms with Gasteiger partial charge in [0.2, 0.25) is 0 Å². The predicted octanol–water partition coefficient (Wildman–Crippen LogP) is 2.64. The zero-order chi connectivity index (χ0) is 10.4. The summed E-state index contributed by atoms with van der Waals surface area (Å²) in [5, 5.41) is 3.87. The van der Waals surface area contributed by atoms with E-state index in [2.05, 4.69) is 5.32 Å². The van der Waals surface area contributed by atoms with E-state index in [-0.39, 0.29) is 6.10 Å². The number of hydrogen-bond acceptors (Lipinski definition) is 2. The molecule has 0 aliphatic rings. The maximum Gasteiger partial charge on any atom is 0.0847 e. The maximum atomic E-state index is 6.08. The van der Waals surface area contributed by atoms with E-state index >= 15 is 0 Å². The van der Waals surface area contributed by atoms with E-state index in [4.69, 9.17) is 16.3 Å². The molecule has 1 atom stereocenters. The molecule has 1 aromatic carbocycles. The number of ether oxygens (including phenoxy) is 1. The van der Waals surface area contributed by atoms with Crippen LogP contribution in [0.3, 0.4) is 0 Å². The van der Waals surface area contributed by atoms with Crippen molar-refractivity contribution in [3.05, 3.63) is 34.9 Å². The summed E-state index contributed by atoms with van der Waals surface area (Å²) in [5.74, 6) is 0. The Balaban J connectivity index is 2.73. The summed E-state index contributed by atoms with van der Waals surface area (Å²) in [6.07, 6.45) is 1.01. The van der Waals surface area contributed by atoms with Crippen LogP contribution in [0.15, 0.2) is 24.3 Å². The maximum absolute atomic E-state index is 6.08. The second kappa shape index (κ2) is 6.02. The summed E-state index contributed by atoms with van der Waals surface area (Å²) in [6, 6.07) is 7.80. The summed E-state index contributed by atoms with van der Waals surface area (Å²) in [5.41, 5.74) is 1.06. The third kappa shape index (κ3) is 2.98. The van der Waals surface area contributed by atoms with E-state index in [0.717, 1.165) is 23.6 Å². The lowest BCUT2D eigenvalue weighted by Crippen LogP contribution is -2.13. The Labute approximate surface area is 90.2 Å². The first-order chi connectivity index (χ1) is 6.79. The highest BCUT2D eigenvalue weighted by Crippen LogP contribution is 2.26. The molecule has 0 bridgehead atoms. The molecule has 78 valence electrons. The highest BCUT2D eigenvalue weighted by Gasteiger charge is 2.12. The highest BCUT2D eigenvalue weighted by molar-refractivity contribution is 6.31. The molecule has 3 heteroatoms. The molecule has 0 saturated carbocycles. The second-order valence-corrected chi connectivity index (χ2v) is 3.55. The van der Waals surface area contributed by atoms with Gasteiger partial charge in [-0.1, -0.05) is 29.8 Å². The van der Waals surface area contributed by atoms with Crippen molar-refractivity contribution in [2.24, 2.45) is 0 Å². The largest absolute Gasteiger partial charge is 0.377 e. The minimum Gasteiger partial charge on any atom is -0.377 e. The van der Waals surface area contributed by atoms with Crippen molar-refractivity contribution >= 4 is 11.6 Å². The van der Waals surface area contributed by atoms with Crippen LogP contribution in [-0.2, 0) is 4.74 Å². The van der Waals surface area contributed by atoms with Crippen LogP contribution in [0.1, 0.15) is 18.1 Å². The molecule has 0 fully saturated rings. The number of halogens is 1. The van der Waals surface area contributed by atoms with Crippen molar-refractivity contribution < 1.29 is 4.74 Å². The zero-order valence-electron chi connectivity index (χ0n) is 8.59. The van der Waals surface area contributed by atoms with Crippen molar-refractivity contribution in [2.45, 2.75) is 12.5 Å². The highest BCUT2D eigenvalue weighted by atomic mass is 35.5. The Kier molecular flexibility index (Phi) is 4.94. The topological polar surface area (TPSA) is 21.3 Å². The van der Waals surface area contributed by atoms with Gasteiger partial charge in [0.05, 0.1) is 6.10 Å². The van der Waals surface area contributed by atoms with Crippen LogP contribution < -0.4 is 5.32 Å². The molecule has 1 rings (SSSR count). The van der Waals surface area contributed by atoms with E-state index in [1.54, 1.807) is 7.11 Å². The smallest absolute Gasteiger partial charge is 0.0847 e. The van der Waals surface area contributed by atoms with E-state index < -0.39 is 0 Å². The average molecular weight is 214 g/mol. The Morgan fingerprint density at radius 2 is 2.14 bits per heavy atom. The third-order valence-electron chi connectivity index (χ3n) is 2.19. The van der Waals surface area contributed by atoms with Gasteiger partial charge in [-0.15, -0.1) is 0 Å². The van der Waals surface area contributed by atoms with Crippen LogP contribution in [-0.4, -0.2) is 20.7 Å². The molecular weight excluding hydrogens is 198 g/mol. The number of nitrogens with one attached hydrogen (secondary N) is 1. The zero-order valence-corrected chi connectivity index (χ0v) is 9.34. The molecule has 0 saturated heterocycles. The number of methoxy groups -OCH3 is 1. The van der Waals surface area contributed by atoms with Gasteiger partial charge in [0.25, 0.3) is 0 Å². The molecule has 0 aliphatic carbocycles. The SMILES string of the molecule is CNCCC(OC)c1ccccc1Cl. The van der Waals surface area contributed by atoms with Gasteiger partial charge in [-0.05, 0) is 31.6 Å². The Bertz CT molecular complexity index is 278. The fraction of sp³-hybridized carbons (Fsp3) is 0.455. The van der Waals surface area contributed by atoms with Crippen LogP contribution >= 0.6 is 11.6 Å². The standard InChI is InChI=1S/C11H16ClNO/c1-13-8-7-11(14-2)9-5-3-4-6-10(9)12/h3-6,11,13H,7-8H2,1-2H3. The quantitative estimate of drug-likeness (QED) is 0.812. The third-order valence-corrected chi connectivity index (χ3v) is 2.54. The van der Waals surface area contributed by atoms with Gasteiger partial charge < -0.3 is 10.1 Å². The Morgan fingerprint density at radius 3 is 2.71 bits per heavy atom. The first kappa shape index (κ1) is 11.5. The molecule has 1 unspecified atom stereocenters. The lowest BCUT2D eigenvalue weighted by molar-refractivity contribution is 0.0962. The molecule has 0 radical (unpaired) electrons. The molecule has 0 heterocycles. The normalized spacial score (nSPS) is 12.8. The molecule has 1 N–H and O–H groups in total. The summed E-state index contributed by atoms with van der Waals surface area (Å²) in [4.78, 5) is 0. The number of rotatable bonds is 5. The molecular formula is C11H16ClNO. The second-order valence-electron chi connectivity index (χ2n) is 3.14. The Morgan fingerprint density at radius 1 is 1.43 bits per heavy atom. The monoisotopic (exact) mass is 213 g/mol. The predicted molar refractivity (Wildman–Crippen MR) is 59.7 cm³/mol. The fourth-order valence-electron chi connectivity index (χ4n) is 1.41. The van der Waals surface area contributed by atoms with Gasteiger partial charge in [0, 0.05) is 12.1 Å². The van der Waals surface area contributed by atoms with Crippen molar-refractivity contribution in [3.8, 4) is 0 Å². The van der Waals surface area contributed by atoms with E-state index in [0.29, 0.717) is 0 Å². The lowest BCUT2D eigenvalue weighted by atomic mass is 10.1. The molecule has 0 spiro atoms. The van der Waals surface area contributed by atoms with Crippen LogP contribution in [0.2, 0.25) is 5.02 Å². The van der Waals surface area contributed by atoms with Gasteiger partial charge in [0.15, 0.2) is 0 Å². The molecule has 2 nitrogen and oxygen atoms in total. The summed E-state index contributed by atoms with van der Waals surface area (Å²) in [7, 11) is 3.64. The summed E-state index contributed by atoms with van der Waals surface area (Å²) >= 11 is 6.08. The van der Waals surface area contributed by atoms with Crippen molar-refractivity contribution in [1.82, 2.24) is 5.32 Å². The lowest BCUT2D eigenvalue weighted by Gasteiger charge is -2.16. The van der Waals surface area contributed by atoms with Crippen LogP contribution in [0.25, 0.3) is 0 Å². The van der Waals surface area contributed by atoms with Crippen molar-refractivity contribution in [1.29, 1.82) is 0 Å². The fourth-order valence-corrected chi connectivity index (χ4v) is 1.67. The minimum absolute atomic E-state index is 0.0798. The van der Waals surface area contributed by atoms with Crippen molar-refractivity contribution in [3.63, 3.8) is 0 Å². The van der Waals surface area contributed by atoms with Crippen LogP contribution in [0.4, 0.5) is 0 Å². The molecule has 0 aliphatic heterocycles. The molecule has 0 amide bonds. The van der Waals surface area contributed by atoms with Crippen LogP contribution in [0.5, 0.6) is 0 Å². The summed E-state index contributed by atoms with van der Waals surface area (Å²) in [6.45, 7) is 0.920. The van der Waals surface area contributed by atoms with Gasteiger partial charge >= 0.3 is 0 Å². The Hall–Kier alpha value is -0.570. The first-order valence-corrected chi connectivity index (χ1v) is 5.09. The van der Waals surface area contributed by atoms with Gasteiger partial charge in [-0.25, -0.2) is 0 Å². The van der Waals surface area contributed by atoms with Crippen LogP contribution in [0, 0.1) is 0 Å². The van der Waals surface area contributed by atoms with E-state index in [1.165, 1.54) is 0 Å². The van der Waals surface area contributed by atoms with Gasteiger partial charge in [-0.2, -0.15) is 0 Å². The average Bonchev–Trinajstić information content (AvgIpc) is 2.21. The van der Waals surface area contributed by atoms with Gasteiger partial charge in [-0.3, -0.25) is 0 Å². The summed E-state index contributed by atoms with van der Waals surface area (Å²) < 4.78 is 5.39. The van der Waals surface area contributed by atoms with Crippen molar-refractivity contribution in [2.75, 3.05) is 20.7 Å². The van der Waals surface area contributed by atoms with E-state index in [9.17, 15) is 0 Å². The number of hydrogen-bond donors (Lipinski definition) is 1. The molecule has 1 aromatic rings.